The maximum absolute atomic E-state index is 12.6. The molecule has 0 bridgehead atoms. The Labute approximate surface area is 175 Å². The molecule has 9 N–H and O–H groups in total. The number of aliphatic hydroxyl groups excluding tert-OH is 1. The van der Waals surface area contributed by atoms with Crippen molar-refractivity contribution in [2.24, 2.45) is 17.4 Å². The van der Waals surface area contributed by atoms with Crippen molar-refractivity contribution in [1.82, 2.24) is 16.0 Å². The van der Waals surface area contributed by atoms with Crippen LogP contribution in [0.15, 0.2) is 0 Å². The lowest BCUT2D eigenvalue weighted by molar-refractivity contribution is -0.144. The number of carbonyl (C=O) groups is 5. The highest BCUT2D eigenvalue weighted by Crippen LogP contribution is 2.09. The number of nitrogens with two attached hydrogens (primary N) is 2. The van der Waals surface area contributed by atoms with E-state index in [0.717, 1.165) is 0 Å². The Morgan fingerprint density at radius 3 is 1.83 bits per heavy atom. The van der Waals surface area contributed by atoms with Crippen LogP contribution in [0.5, 0.6) is 0 Å². The van der Waals surface area contributed by atoms with E-state index in [4.69, 9.17) is 11.5 Å². The second kappa shape index (κ2) is 12.8. The number of amides is 4. The van der Waals surface area contributed by atoms with E-state index in [-0.39, 0.29) is 12.8 Å². The summed E-state index contributed by atoms with van der Waals surface area (Å²) in [7, 11) is 0. The molecule has 0 aromatic heterocycles. The molecule has 0 saturated heterocycles. The van der Waals surface area contributed by atoms with Crippen LogP contribution in [0.2, 0.25) is 0 Å². The fourth-order valence-electron chi connectivity index (χ4n) is 2.44. The van der Waals surface area contributed by atoms with E-state index in [1.54, 1.807) is 13.8 Å². The molecule has 0 aliphatic rings. The molecule has 0 rings (SSSR count). The number of aliphatic hydroxyl groups is 1. The molecule has 0 aromatic rings. The summed E-state index contributed by atoms with van der Waals surface area (Å²) in [5.74, 6) is -4.78. The van der Waals surface area contributed by atoms with Gasteiger partial charge in [-0.1, -0.05) is 20.3 Å². The molecule has 30 heavy (non-hydrogen) atoms. The quantitative estimate of drug-likeness (QED) is 0.166. The zero-order valence-electron chi connectivity index (χ0n) is 17.7. The van der Waals surface area contributed by atoms with Crippen molar-refractivity contribution in [3.8, 4) is 0 Å². The minimum atomic E-state index is -1.49. The van der Waals surface area contributed by atoms with Gasteiger partial charge in [0.25, 0.3) is 0 Å². The van der Waals surface area contributed by atoms with Crippen LogP contribution in [0.25, 0.3) is 0 Å². The van der Waals surface area contributed by atoms with Gasteiger partial charge >= 0.3 is 5.97 Å². The Hall–Kier alpha value is -2.73. The van der Waals surface area contributed by atoms with Gasteiger partial charge in [-0.2, -0.15) is 0 Å². The van der Waals surface area contributed by atoms with E-state index in [1.165, 1.54) is 13.8 Å². The highest BCUT2D eigenvalue weighted by molar-refractivity contribution is 5.94. The van der Waals surface area contributed by atoms with Crippen LogP contribution in [0, 0.1) is 5.92 Å². The number of hydrogen-bond donors (Lipinski definition) is 7. The fourth-order valence-corrected chi connectivity index (χ4v) is 2.44. The van der Waals surface area contributed by atoms with Crippen LogP contribution in [0.3, 0.4) is 0 Å². The Morgan fingerprint density at radius 1 is 0.900 bits per heavy atom. The van der Waals surface area contributed by atoms with Gasteiger partial charge in [-0.25, -0.2) is 4.79 Å². The molecule has 0 spiro atoms. The number of carboxylic acids is 1. The smallest absolute Gasteiger partial charge is 0.326 e. The van der Waals surface area contributed by atoms with Gasteiger partial charge in [0.15, 0.2) is 0 Å². The summed E-state index contributed by atoms with van der Waals surface area (Å²) in [4.78, 5) is 59.5. The van der Waals surface area contributed by atoms with Crippen LogP contribution in [-0.4, -0.2) is 70.1 Å². The number of rotatable bonds is 13. The predicted octanol–water partition coefficient (Wildman–Crippen LogP) is -2.43. The van der Waals surface area contributed by atoms with Crippen molar-refractivity contribution >= 4 is 29.6 Å². The number of hydrogen-bond acceptors (Lipinski definition) is 7. The molecule has 0 heterocycles. The first-order chi connectivity index (χ1) is 13.8. The van der Waals surface area contributed by atoms with Crippen LogP contribution in [0.4, 0.5) is 0 Å². The summed E-state index contributed by atoms with van der Waals surface area (Å²) in [6, 6.07) is -4.89. The molecule has 0 radical (unpaired) electrons. The number of carboxylic acid groups (broad SMARTS) is 1. The Kier molecular flexibility index (Phi) is 11.6. The highest BCUT2D eigenvalue weighted by Gasteiger charge is 2.33. The van der Waals surface area contributed by atoms with E-state index >= 15 is 0 Å². The van der Waals surface area contributed by atoms with E-state index in [1.807, 2.05) is 0 Å². The van der Waals surface area contributed by atoms with Gasteiger partial charge in [0, 0.05) is 6.42 Å². The van der Waals surface area contributed by atoms with Crippen molar-refractivity contribution in [1.29, 1.82) is 0 Å². The molecule has 0 aliphatic carbocycles. The standard InChI is InChI=1S/C18H33N5O7/c1-5-8(2)13(18(29)30)22-17(28)14(10(4)24)23-16(27)11(6-7-12(20)25)21-15(26)9(3)19/h8-11,13-14,24H,5-7,19H2,1-4H3,(H2,20,25)(H,21,26)(H,22,28)(H,23,27)(H,29,30). The predicted molar refractivity (Wildman–Crippen MR) is 107 cm³/mol. The summed E-state index contributed by atoms with van der Waals surface area (Å²) in [6.07, 6.45) is -1.28. The summed E-state index contributed by atoms with van der Waals surface area (Å²) >= 11 is 0. The molecule has 172 valence electrons. The van der Waals surface area contributed by atoms with E-state index < -0.39 is 65.8 Å². The third-order valence-corrected chi connectivity index (χ3v) is 4.57. The minimum Gasteiger partial charge on any atom is -0.480 e. The highest BCUT2D eigenvalue weighted by atomic mass is 16.4. The Bertz CT molecular complexity index is 638. The molecule has 6 atom stereocenters. The maximum Gasteiger partial charge on any atom is 0.326 e. The van der Waals surface area contributed by atoms with Crippen molar-refractivity contribution in [3.63, 3.8) is 0 Å². The maximum atomic E-state index is 12.6. The van der Waals surface area contributed by atoms with Gasteiger partial charge in [0.05, 0.1) is 12.1 Å². The topological polar surface area (TPSA) is 214 Å². The fraction of sp³-hybridized carbons (Fsp3) is 0.722. The van der Waals surface area contributed by atoms with Crippen LogP contribution >= 0.6 is 0 Å². The minimum absolute atomic E-state index is 0.154. The normalized spacial score (nSPS) is 16.9. The van der Waals surface area contributed by atoms with Gasteiger partial charge in [0.1, 0.15) is 18.1 Å². The van der Waals surface area contributed by atoms with Crippen LogP contribution < -0.4 is 27.4 Å². The molecular weight excluding hydrogens is 398 g/mol. The number of aliphatic carboxylic acids is 1. The summed E-state index contributed by atoms with van der Waals surface area (Å²) in [5, 5.41) is 26.2. The SMILES string of the molecule is CCC(C)C(NC(=O)C(NC(=O)C(CCC(N)=O)NC(=O)C(C)N)C(C)O)C(=O)O. The molecule has 0 aliphatic heterocycles. The largest absolute Gasteiger partial charge is 0.480 e. The molecule has 0 fully saturated rings. The zero-order chi connectivity index (χ0) is 23.6. The van der Waals surface area contributed by atoms with Gasteiger partial charge < -0.3 is 37.6 Å². The van der Waals surface area contributed by atoms with Crippen molar-refractivity contribution in [2.45, 2.75) is 77.2 Å². The van der Waals surface area contributed by atoms with Crippen LogP contribution in [0.1, 0.15) is 47.0 Å². The number of nitrogens with one attached hydrogen (secondary N) is 3. The van der Waals surface area contributed by atoms with E-state index in [0.29, 0.717) is 6.42 Å². The first kappa shape index (κ1) is 27.3. The third-order valence-electron chi connectivity index (χ3n) is 4.57. The molecule has 0 aromatic carbocycles. The molecular formula is C18H33N5O7. The molecule has 4 amide bonds. The van der Waals surface area contributed by atoms with Gasteiger partial charge in [-0.15, -0.1) is 0 Å². The average Bonchev–Trinajstić information content (AvgIpc) is 2.65. The van der Waals surface area contributed by atoms with Crippen molar-refractivity contribution in [2.75, 3.05) is 0 Å². The first-order valence-electron chi connectivity index (χ1n) is 9.67. The van der Waals surface area contributed by atoms with Crippen molar-refractivity contribution < 1.29 is 34.2 Å². The summed E-state index contributed by atoms with van der Waals surface area (Å²) in [5.41, 5.74) is 10.6. The second-order valence-electron chi connectivity index (χ2n) is 7.29. The first-order valence-corrected chi connectivity index (χ1v) is 9.67. The van der Waals surface area contributed by atoms with Crippen LogP contribution in [-0.2, 0) is 24.0 Å². The lowest BCUT2D eigenvalue weighted by Crippen LogP contribution is -2.60. The van der Waals surface area contributed by atoms with E-state index in [2.05, 4.69) is 16.0 Å². The molecule has 12 heteroatoms. The second-order valence-corrected chi connectivity index (χ2v) is 7.29. The molecule has 12 nitrogen and oxygen atoms in total. The average molecular weight is 431 g/mol. The zero-order valence-corrected chi connectivity index (χ0v) is 17.7. The monoisotopic (exact) mass is 431 g/mol. The summed E-state index contributed by atoms with van der Waals surface area (Å²) < 4.78 is 0. The third kappa shape index (κ3) is 9.18. The molecule has 6 unspecified atom stereocenters. The lowest BCUT2D eigenvalue weighted by Gasteiger charge is -2.27. The van der Waals surface area contributed by atoms with E-state index in [9.17, 15) is 34.2 Å². The Balaban J connectivity index is 5.43. The number of primary amides is 1. The molecule has 0 saturated carbocycles. The summed E-state index contributed by atoms with van der Waals surface area (Å²) in [6.45, 7) is 6.03. The van der Waals surface area contributed by atoms with Gasteiger partial charge in [0.2, 0.25) is 23.6 Å². The lowest BCUT2D eigenvalue weighted by atomic mass is 9.98. The Morgan fingerprint density at radius 2 is 1.43 bits per heavy atom. The van der Waals surface area contributed by atoms with Gasteiger partial charge in [-0.05, 0) is 26.2 Å². The number of carbonyl (C=O) groups excluding carboxylic acids is 4. The van der Waals surface area contributed by atoms with Crippen molar-refractivity contribution in [3.05, 3.63) is 0 Å². The van der Waals surface area contributed by atoms with Gasteiger partial charge in [-0.3, -0.25) is 19.2 Å².